The van der Waals surface area contributed by atoms with Gasteiger partial charge in [-0.3, -0.25) is 9.59 Å². The van der Waals surface area contributed by atoms with E-state index in [1.165, 1.54) is 13.2 Å². The molecule has 150 valence electrons. The summed E-state index contributed by atoms with van der Waals surface area (Å²) < 4.78 is 10.1. The van der Waals surface area contributed by atoms with E-state index in [4.69, 9.17) is 26.2 Å². The van der Waals surface area contributed by atoms with Crippen LogP contribution in [0.25, 0.3) is 0 Å². The van der Waals surface area contributed by atoms with E-state index in [-0.39, 0.29) is 24.2 Å². The van der Waals surface area contributed by atoms with E-state index in [1.54, 1.807) is 12.1 Å². The number of benzene rings is 1. The molecule has 1 aromatic carbocycles. The number of hydrogen-bond acceptors (Lipinski definition) is 8. The summed E-state index contributed by atoms with van der Waals surface area (Å²) >= 11 is 5.88. The zero-order valence-corrected chi connectivity index (χ0v) is 15.3. The molecule has 2 rings (SSSR count). The largest absolute Gasteiger partial charge is 0.496 e. The highest BCUT2D eigenvalue weighted by Gasteiger charge is 2.44. The first-order chi connectivity index (χ1) is 12.8. The third-order valence-corrected chi connectivity index (χ3v) is 4.50. The van der Waals surface area contributed by atoms with E-state index in [0.29, 0.717) is 10.8 Å². The van der Waals surface area contributed by atoms with Crippen LogP contribution in [0.4, 0.5) is 0 Å². The maximum absolute atomic E-state index is 12.3. The summed E-state index contributed by atoms with van der Waals surface area (Å²) in [6.07, 6.45) is -6.21. The molecule has 5 N–H and O–H groups in total. The minimum Gasteiger partial charge on any atom is -0.496 e. The lowest BCUT2D eigenvalue weighted by atomic mass is 9.96. The summed E-state index contributed by atoms with van der Waals surface area (Å²) in [6, 6.07) is 3.25. The Morgan fingerprint density at radius 3 is 2.56 bits per heavy atom. The number of carbonyl (C=O) groups is 2. The molecule has 3 unspecified atom stereocenters. The Kier molecular flexibility index (Phi) is 7.54. The zero-order chi connectivity index (χ0) is 20.1. The smallest absolute Gasteiger partial charge is 0.220 e. The Hall–Kier alpha value is -1.75. The molecule has 1 heterocycles. The number of hydrogen-bond donors (Lipinski definition) is 5. The topological polar surface area (TPSA) is 146 Å². The van der Waals surface area contributed by atoms with Gasteiger partial charge in [-0.2, -0.15) is 0 Å². The number of ketones is 1. The lowest BCUT2D eigenvalue weighted by Gasteiger charge is -2.40. The van der Waals surface area contributed by atoms with Crippen LogP contribution in [0.15, 0.2) is 18.2 Å². The first-order valence-electron chi connectivity index (χ1n) is 8.25. The molecule has 0 aromatic heterocycles. The van der Waals surface area contributed by atoms with Crippen LogP contribution in [0, 0.1) is 0 Å². The highest BCUT2D eigenvalue weighted by molar-refractivity contribution is 6.31. The normalized spacial score (nSPS) is 27.9. The van der Waals surface area contributed by atoms with Crippen molar-refractivity contribution < 1.29 is 39.5 Å². The fourth-order valence-electron chi connectivity index (χ4n) is 2.77. The van der Waals surface area contributed by atoms with E-state index < -0.39 is 43.2 Å². The predicted octanol–water partition coefficient (Wildman–Crippen LogP) is -0.772. The van der Waals surface area contributed by atoms with Gasteiger partial charge in [0.2, 0.25) is 5.91 Å². The van der Waals surface area contributed by atoms with Crippen LogP contribution in [0.3, 0.4) is 0 Å². The Morgan fingerprint density at radius 2 is 1.93 bits per heavy atom. The quantitative estimate of drug-likeness (QED) is 0.373. The number of halogens is 1. The fourth-order valence-corrected chi connectivity index (χ4v) is 2.94. The van der Waals surface area contributed by atoms with Crippen molar-refractivity contribution in [2.45, 2.75) is 43.5 Å². The number of amides is 1. The van der Waals surface area contributed by atoms with E-state index >= 15 is 0 Å². The molecule has 1 aliphatic rings. The van der Waals surface area contributed by atoms with E-state index in [9.17, 15) is 24.9 Å². The summed E-state index contributed by atoms with van der Waals surface area (Å²) in [6.45, 7) is -0.605. The minimum absolute atomic E-state index is 0.163. The Bertz CT molecular complexity index is 685. The molecule has 1 aromatic rings. The Labute approximate surface area is 160 Å². The number of rotatable bonds is 7. The highest BCUT2D eigenvalue weighted by atomic mass is 35.5. The van der Waals surface area contributed by atoms with Crippen molar-refractivity contribution in [1.82, 2.24) is 5.32 Å². The molecule has 27 heavy (non-hydrogen) atoms. The van der Waals surface area contributed by atoms with Crippen LogP contribution in [0.1, 0.15) is 23.2 Å². The Morgan fingerprint density at radius 1 is 1.22 bits per heavy atom. The van der Waals surface area contributed by atoms with Gasteiger partial charge in [-0.15, -0.1) is 0 Å². The molecule has 1 saturated heterocycles. The standard InChI is InChI=1S/C17H22ClNO8/c1-26-11-4-2-8(18)6-9(11)10(21)3-5-13(22)19-14-16(24)15(23)12(7-20)27-17(14)25/h2,4,6,12,14-17,20,23-25H,3,5,7H2,1H3,(H,19,22)/t12-,14?,15?,16-,17?/m1/s1. The second kappa shape index (κ2) is 9.45. The number of ether oxygens (including phenoxy) is 2. The van der Waals surface area contributed by atoms with Gasteiger partial charge >= 0.3 is 0 Å². The van der Waals surface area contributed by atoms with Crippen molar-refractivity contribution in [3.8, 4) is 5.75 Å². The molecule has 0 radical (unpaired) electrons. The van der Waals surface area contributed by atoms with Crippen molar-refractivity contribution in [3.05, 3.63) is 28.8 Å². The summed E-state index contributed by atoms with van der Waals surface area (Å²) in [5.41, 5.74) is 0.236. The van der Waals surface area contributed by atoms with E-state index in [0.717, 1.165) is 0 Å². The second-order valence-electron chi connectivity index (χ2n) is 6.09. The van der Waals surface area contributed by atoms with Gasteiger partial charge in [0.1, 0.15) is 30.1 Å². The average molecular weight is 404 g/mol. The number of aliphatic hydroxyl groups excluding tert-OH is 4. The van der Waals surface area contributed by atoms with Crippen LogP contribution in [0.2, 0.25) is 5.02 Å². The highest BCUT2D eigenvalue weighted by Crippen LogP contribution is 2.24. The molecule has 1 aliphatic heterocycles. The van der Waals surface area contributed by atoms with E-state index in [2.05, 4.69) is 5.32 Å². The summed E-state index contributed by atoms with van der Waals surface area (Å²) in [5, 5.41) is 41.4. The van der Waals surface area contributed by atoms with Gasteiger partial charge in [-0.25, -0.2) is 0 Å². The maximum atomic E-state index is 12.3. The van der Waals surface area contributed by atoms with E-state index in [1.807, 2.05) is 0 Å². The monoisotopic (exact) mass is 403 g/mol. The molecule has 0 aliphatic carbocycles. The van der Waals surface area contributed by atoms with Gasteiger partial charge in [-0.05, 0) is 18.2 Å². The average Bonchev–Trinajstić information content (AvgIpc) is 2.66. The summed E-state index contributed by atoms with van der Waals surface area (Å²) in [5.74, 6) is -0.675. The van der Waals surface area contributed by atoms with Crippen molar-refractivity contribution in [1.29, 1.82) is 0 Å². The van der Waals surface area contributed by atoms with Crippen LogP contribution in [-0.4, -0.2) is 76.5 Å². The molecule has 5 atom stereocenters. The Balaban J connectivity index is 1.94. The SMILES string of the molecule is COc1ccc(Cl)cc1C(=O)CCC(=O)NC1C(O)O[C@H](CO)C(O)[C@@H]1O. The van der Waals surface area contributed by atoms with Crippen molar-refractivity contribution in [2.75, 3.05) is 13.7 Å². The molecule has 0 spiro atoms. The van der Waals surface area contributed by atoms with Crippen molar-refractivity contribution in [3.63, 3.8) is 0 Å². The summed E-state index contributed by atoms with van der Waals surface area (Å²) in [4.78, 5) is 24.4. The molecule has 1 amide bonds. The van der Waals surface area contributed by atoms with Gasteiger partial charge in [0.15, 0.2) is 12.1 Å². The lowest BCUT2D eigenvalue weighted by Crippen LogP contribution is -2.64. The maximum Gasteiger partial charge on any atom is 0.220 e. The van der Waals surface area contributed by atoms with Gasteiger partial charge in [0.25, 0.3) is 0 Å². The number of methoxy groups -OCH3 is 1. The minimum atomic E-state index is -1.62. The van der Waals surface area contributed by atoms with Gasteiger partial charge in [0, 0.05) is 17.9 Å². The van der Waals surface area contributed by atoms with Crippen molar-refractivity contribution in [2.24, 2.45) is 0 Å². The second-order valence-corrected chi connectivity index (χ2v) is 6.53. The van der Waals surface area contributed by atoms with Gasteiger partial charge < -0.3 is 35.2 Å². The van der Waals surface area contributed by atoms with Crippen LogP contribution >= 0.6 is 11.6 Å². The number of carbonyl (C=O) groups excluding carboxylic acids is 2. The number of Topliss-reactive ketones (excluding diaryl/α,β-unsaturated/α-hetero) is 1. The van der Waals surface area contributed by atoms with Crippen LogP contribution in [-0.2, 0) is 9.53 Å². The first kappa shape index (κ1) is 21.5. The van der Waals surface area contributed by atoms with Crippen LogP contribution < -0.4 is 10.1 Å². The fraction of sp³-hybridized carbons (Fsp3) is 0.529. The molecule has 0 bridgehead atoms. The van der Waals surface area contributed by atoms with Gasteiger partial charge in [-0.1, -0.05) is 11.6 Å². The zero-order valence-electron chi connectivity index (χ0n) is 14.5. The number of nitrogens with one attached hydrogen (secondary N) is 1. The predicted molar refractivity (Wildman–Crippen MR) is 93.5 cm³/mol. The number of aliphatic hydroxyl groups is 4. The molecule has 10 heteroatoms. The molecule has 1 fully saturated rings. The first-order valence-corrected chi connectivity index (χ1v) is 8.63. The van der Waals surface area contributed by atoms with Crippen LogP contribution in [0.5, 0.6) is 5.75 Å². The third-order valence-electron chi connectivity index (χ3n) is 4.27. The van der Waals surface area contributed by atoms with Crippen molar-refractivity contribution >= 4 is 23.3 Å². The van der Waals surface area contributed by atoms with Gasteiger partial charge in [0.05, 0.1) is 19.3 Å². The molecule has 9 nitrogen and oxygen atoms in total. The third kappa shape index (κ3) is 5.16. The molecule has 0 saturated carbocycles. The summed E-state index contributed by atoms with van der Waals surface area (Å²) in [7, 11) is 1.41. The molecular formula is C17H22ClNO8. The molecular weight excluding hydrogens is 382 g/mol. The lowest BCUT2D eigenvalue weighted by molar-refractivity contribution is -0.253.